The van der Waals surface area contributed by atoms with Crippen molar-refractivity contribution in [3.63, 3.8) is 0 Å². The van der Waals surface area contributed by atoms with Crippen LogP contribution < -0.4 is 4.74 Å². The first-order chi connectivity index (χ1) is 11.7. The maximum absolute atomic E-state index is 12.2. The van der Waals surface area contributed by atoms with Gasteiger partial charge in [-0.3, -0.25) is 4.79 Å². The molecule has 3 aromatic rings. The smallest absolute Gasteiger partial charge is 0.289 e. The van der Waals surface area contributed by atoms with Crippen molar-refractivity contribution in [1.82, 2.24) is 4.57 Å². The van der Waals surface area contributed by atoms with E-state index in [0.717, 1.165) is 22.2 Å². The SMILES string of the molecule is COc1ccc(Cn2c(Cl)c(C(=O)N=C=S)c3ccccc32)cc1. The lowest BCUT2D eigenvalue weighted by molar-refractivity contribution is 0.101. The van der Waals surface area contributed by atoms with Crippen LogP contribution in [0.3, 0.4) is 0 Å². The highest BCUT2D eigenvalue weighted by atomic mass is 35.5. The molecule has 120 valence electrons. The zero-order valence-electron chi connectivity index (χ0n) is 12.8. The fourth-order valence-corrected chi connectivity index (χ4v) is 3.06. The number of nitrogens with zero attached hydrogens (tertiary/aromatic N) is 2. The van der Waals surface area contributed by atoms with Gasteiger partial charge in [-0.15, -0.1) is 0 Å². The number of fused-ring (bicyclic) bond motifs is 1. The summed E-state index contributed by atoms with van der Waals surface area (Å²) in [5.41, 5.74) is 2.25. The zero-order chi connectivity index (χ0) is 17.1. The minimum Gasteiger partial charge on any atom is -0.497 e. The minimum absolute atomic E-state index is 0.339. The lowest BCUT2D eigenvalue weighted by atomic mass is 10.1. The second kappa shape index (κ2) is 6.97. The first kappa shape index (κ1) is 16.4. The number of methoxy groups -OCH3 is 1. The van der Waals surface area contributed by atoms with Crippen molar-refractivity contribution in [2.24, 2.45) is 4.99 Å². The fourth-order valence-electron chi connectivity index (χ4n) is 2.64. The number of aromatic nitrogens is 1. The van der Waals surface area contributed by atoms with Gasteiger partial charge in [-0.1, -0.05) is 41.9 Å². The summed E-state index contributed by atoms with van der Waals surface area (Å²) < 4.78 is 7.05. The number of para-hydroxylation sites is 1. The Kier molecular flexibility index (Phi) is 4.76. The molecule has 6 heteroatoms. The topological polar surface area (TPSA) is 43.6 Å². The minimum atomic E-state index is -0.486. The second-order valence-corrected chi connectivity index (χ2v) is 5.67. The third-order valence-corrected chi connectivity index (χ3v) is 4.25. The number of hydrogen-bond donors (Lipinski definition) is 0. The van der Waals surface area contributed by atoms with Crippen molar-refractivity contribution in [3.8, 4) is 5.75 Å². The van der Waals surface area contributed by atoms with Crippen LogP contribution in [0.4, 0.5) is 0 Å². The first-order valence-corrected chi connectivity index (χ1v) is 7.96. The van der Waals surface area contributed by atoms with E-state index in [4.69, 9.17) is 16.3 Å². The van der Waals surface area contributed by atoms with Crippen LogP contribution in [-0.4, -0.2) is 22.7 Å². The van der Waals surface area contributed by atoms with E-state index in [-0.39, 0.29) is 0 Å². The summed E-state index contributed by atoms with van der Waals surface area (Å²) in [6.45, 7) is 0.526. The van der Waals surface area contributed by atoms with Gasteiger partial charge in [0.2, 0.25) is 0 Å². The van der Waals surface area contributed by atoms with Gasteiger partial charge in [-0.2, -0.15) is 4.99 Å². The molecule has 3 rings (SSSR count). The molecule has 2 aromatic carbocycles. The number of rotatable bonds is 4. The molecule has 0 radical (unpaired) electrons. The third-order valence-electron chi connectivity index (χ3n) is 3.77. The molecule has 0 saturated carbocycles. The molecule has 0 fully saturated rings. The molecular formula is C18H13ClN2O2S. The van der Waals surface area contributed by atoms with Crippen molar-refractivity contribution in [1.29, 1.82) is 0 Å². The average Bonchev–Trinajstić information content (AvgIpc) is 2.88. The van der Waals surface area contributed by atoms with Crippen LogP contribution in [0.5, 0.6) is 5.75 Å². The van der Waals surface area contributed by atoms with Gasteiger partial charge in [0, 0.05) is 11.9 Å². The Hall–Kier alpha value is -2.46. The summed E-state index contributed by atoms with van der Waals surface area (Å²) in [7, 11) is 1.62. The number of halogens is 1. The number of hydrogen-bond acceptors (Lipinski definition) is 3. The molecule has 1 aromatic heterocycles. The van der Waals surface area contributed by atoms with E-state index >= 15 is 0 Å². The number of aliphatic imine (C=N–C) groups is 1. The quantitative estimate of drug-likeness (QED) is 0.507. The van der Waals surface area contributed by atoms with Crippen molar-refractivity contribution in [2.45, 2.75) is 6.54 Å². The lowest BCUT2D eigenvalue weighted by Crippen LogP contribution is -2.01. The van der Waals surface area contributed by atoms with Gasteiger partial charge in [0.15, 0.2) is 0 Å². The molecule has 0 aliphatic heterocycles. The lowest BCUT2D eigenvalue weighted by Gasteiger charge is -2.08. The number of amides is 1. The van der Waals surface area contributed by atoms with Gasteiger partial charge in [0.25, 0.3) is 5.91 Å². The number of ether oxygens (including phenoxy) is 1. The summed E-state index contributed by atoms with van der Waals surface area (Å²) in [5.74, 6) is 0.299. The maximum atomic E-state index is 12.2. The number of carbonyl (C=O) groups is 1. The monoisotopic (exact) mass is 356 g/mol. The highest BCUT2D eigenvalue weighted by Gasteiger charge is 2.20. The summed E-state index contributed by atoms with van der Waals surface area (Å²) in [5, 5.41) is 3.19. The molecule has 0 saturated heterocycles. The van der Waals surface area contributed by atoms with Crippen LogP contribution in [0.15, 0.2) is 53.5 Å². The van der Waals surface area contributed by atoms with Crippen LogP contribution in [0.1, 0.15) is 15.9 Å². The Morgan fingerprint density at radius 3 is 2.62 bits per heavy atom. The highest BCUT2D eigenvalue weighted by molar-refractivity contribution is 7.78. The van der Waals surface area contributed by atoms with E-state index in [1.165, 1.54) is 0 Å². The molecule has 0 unspecified atom stereocenters. The Balaban J connectivity index is 2.11. The van der Waals surface area contributed by atoms with E-state index in [1.54, 1.807) is 7.11 Å². The highest BCUT2D eigenvalue weighted by Crippen LogP contribution is 2.31. The Labute approximate surface area is 149 Å². The van der Waals surface area contributed by atoms with Gasteiger partial charge >= 0.3 is 0 Å². The van der Waals surface area contributed by atoms with Crippen LogP contribution in [0, 0.1) is 0 Å². The predicted molar refractivity (Wildman–Crippen MR) is 98.4 cm³/mol. The van der Waals surface area contributed by atoms with E-state index in [2.05, 4.69) is 22.4 Å². The summed E-state index contributed by atoms with van der Waals surface area (Å²) >= 11 is 11.0. The Bertz CT molecular complexity index is 957. The molecule has 0 bridgehead atoms. The van der Waals surface area contributed by atoms with Gasteiger partial charge in [0.1, 0.15) is 10.9 Å². The molecule has 0 N–H and O–H groups in total. The van der Waals surface area contributed by atoms with Crippen molar-refractivity contribution in [3.05, 3.63) is 64.8 Å². The molecule has 1 heterocycles. The van der Waals surface area contributed by atoms with Crippen molar-refractivity contribution < 1.29 is 9.53 Å². The molecule has 0 spiro atoms. The van der Waals surface area contributed by atoms with Crippen LogP contribution in [-0.2, 0) is 6.54 Å². The van der Waals surface area contributed by atoms with E-state index in [1.807, 2.05) is 53.1 Å². The predicted octanol–water partition coefficient (Wildman–Crippen LogP) is 4.59. The van der Waals surface area contributed by atoms with Gasteiger partial charge in [-0.25, -0.2) is 0 Å². The number of isothiocyanates is 1. The van der Waals surface area contributed by atoms with Crippen molar-refractivity contribution in [2.75, 3.05) is 7.11 Å². The maximum Gasteiger partial charge on any atom is 0.289 e. The second-order valence-electron chi connectivity index (χ2n) is 5.13. The Morgan fingerprint density at radius 1 is 1.25 bits per heavy atom. The van der Waals surface area contributed by atoms with Gasteiger partial charge in [0.05, 0.1) is 23.4 Å². The van der Waals surface area contributed by atoms with Gasteiger partial charge < -0.3 is 9.30 Å². The van der Waals surface area contributed by atoms with E-state index < -0.39 is 5.91 Å². The third kappa shape index (κ3) is 2.97. The fraction of sp³-hybridized carbons (Fsp3) is 0.111. The standard InChI is InChI=1S/C18H13ClN2O2S/c1-23-13-8-6-12(7-9-13)10-21-15-5-3-2-4-14(15)16(17(21)19)18(22)20-11-24/h2-9H,10H2,1H3. The van der Waals surface area contributed by atoms with E-state index in [0.29, 0.717) is 17.3 Å². The largest absolute Gasteiger partial charge is 0.497 e. The van der Waals surface area contributed by atoms with Crippen LogP contribution in [0.2, 0.25) is 5.15 Å². The molecule has 0 aliphatic rings. The van der Waals surface area contributed by atoms with Crippen LogP contribution in [0.25, 0.3) is 10.9 Å². The van der Waals surface area contributed by atoms with E-state index in [9.17, 15) is 4.79 Å². The van der Waals surface area contributed by atoms with Gasteiger partial charge in [-0.05, 0) is 36.0 Å². The summed E-state index contributed by atoms with van der Waals surface area (Å²) in [6.07, 6.45) is 0. The normalized spacial score (nSPS) is 10.4. The van der Waals surface area contributed by atoms with Crippen LogP contribution >= 0.6 is 23.8 Å². The average molecular weight is 357 g/mol. The molecular weight excluding hydrogens is 344 g/mol. The number of thiocarbonyl (C=S) groups is 1. The first-order valence-electron chi connectivity index (χ1n) is 7.17. The molecule has 1 amide bonds. The van der Waals surface area contributed by atoms with Crippen molar-refractivity contribution >= 4 is 45.8 Å². The summed E-state index contributed by atoms with van der Waals surface area (Å²) in [4.78, 5) is 15.8. The Morgan fingerprint density at radius 2 is 1.96 bits per heavy atom. The molecule has 24 heavy (non-hydrogen) atoms. The number of carbonyl (C=O) groups excluding carboxylic acids is 1. The summed E-state index contributed by atoms with van der Waals surface area (Å²) in [6, 6.07) is 15.2. The molecule has 0 aliphatic carbocycles. The number of benzene rings is 2. The zero-order valence-corrected chi connectivity index (χ0v) is 14.4. The molecule has 0 atom stereocenters. The molecule has 4 nitrogen and oxygen atoms in total.